The molecule has 0 aromatic heterocycles. The van der Waals surface area contributed by atoms with Gasteiger partial charge in [0.1, 0.15) is 19.0 Å². The molecule has 0 saturated carbocycles. The molecule has 0 N–H and O–H groups in total. The molecule has 0 atom stereocenters. The Morgan fingerprint density at radius 1 is 0.667 bits per heavy atom. The van der Waals surface area contributed by atoms with Gasteiger partial charge in [-0.15, -0.1) is 0 Å². The van der Waals surface area contributed by atoms with Crippen LogP contribution in [0.3, 0.4) is 0 Å². The lowest BCUT2D eigenvalue weighted by molar-refractivity contribution is -0.144. The van der Waals surface area contributed by atoms with Crippen molar-refractivity contribution < 1.29 is 14.3 Å². The fraction of sp³-hybridized carbons (Fsp3) is 0.741. The summed E-state index contributed by atoms with van der Waals surface area (Å²) < 4.78 is 11.0. The second kappa shape index (κ2) is 19.5. The highest BCUT2D eigenvalue weighted by molar-refractivity contribution is 5.69. The van der Waals surface area contributed by atoms with Crippen molar-refractivity contribution in [3.05, 3.63) is 29.8 Å². The van der Waals surface area contributed by atoms with E-state index >= 15 is 0 Å². The number of unbranched alkanes of at least 4 members (excludes halogenated alkanes) is 12. The molecular formula is C27H46O3. The summed E-state index contributed by atoms with van der Waals surface area (Å²) in [7, 11) is 0. The summed E-state index contributed by atoms with van der Waals surface area (Å²) in [6.45, 7) is 5.24. The van der Waals surface area contributed by atoms with Crippen molar-refractivity contribution in [2.45, 2.75) is 117 Å². The van der Waals surface area contributed by atoms with Crippen molar-refractivity contribution in [3.63, 3.8) is 0 Å². The third-order valence-electron chi connectivity index (χ3n) is 5.59. The van der Waals surface area contributed by atoms with Gasteiger partial charge in [-0.25, -0.2) is 0 Å². The maximum absolute atomic E-state index is 11.8. The number of aryl methyl sites for hydroxylation is 1. The Labute approximate surface area is 185 Å². The fourth-order valence-corrected chi connectivity index (χ4v) is 3.65. The van der Waals surface area contributed by atoms with Gasteiger partial charge >= 0.3 is 5.97 Å². The van der Waals surface area contributed by atoms with E-state index in [1.165, 1.54) is 82.6 Å². The van der Waals surface area contributed by atoms with Crippen LogP contribution in [0.1, 0.15) is 116 Å². The van der Waals surface area contributed by atoms with Crippen LogP contribution >= 0.6 is 0 Å². The van der Waals surface area contributed by atoms with Crippen LogP contribution in [0.4, 0.5) is 0 Å². The number of benzene rings is 1. The Morgan fingerprint density at radius 2 is 1.20 bits per heavy atom. The molecule has 0 aliphatic heterocycles. The van der Waals surface area contributed by atoms with Gasteiger partial charge in [0.25, 0.3) is 0 Å². The molecule has 0 heterocycles. The van der Waals surface area contributed by atoms with Crippen LogP contribution in [0.25, 0.3) is 0 Å². The summed E-state index contributed by atoms with van der Waals surface area (Å²) in [5.41, 5.74) is 1.37. The number of esters is 1. The van der Waals surface area contributed by atoms with Crippen LogP contribution in [0.15, 0.2) is 24.3 Å². The van der Waals surface area contributed by atoms with Gasteiger partial charge in [-0.2, -0.15) is 0 Å². The Kier molecular flexibility index (Phi) is 17.2. The Morgan fingerprint density at radius 3 is 1.80 bits per heavy atom. The van der Waals surface area contributed by atoms with E-state index in [2.05, 4.69) is 26.0 Å². The summed E-state index contributed by atoms with van der Waals surface area (Å²) in [5, 5.41) is 0. The molecule has 0 saturated heterocycles. The average Bonchev–Trinajstić information content (AvgIpc) is 2.76. The van der Waals surface area contributed by atoms with E-state index in [0.717, 1.165) is 25.0 Å². The minimum atomic E-state index is -0.0998. The van der Waals surface area contributed by atoms with E-state index in [4.69, 9.17) is 9.47 Å². The fourth-order valence-electron chi connectivity index (χ4n) is 3.65. The zero-order valence-corrected chi connectivity index (χ0v) is 19.8. The van der Waals surface area contributed by atoms with Crippen molar-refractivity contribution in [2.75, 3.05) is 13.2 Å². The first-order chi connectivity index (χ1) is 14.8. The molecular weight excluding hydrogens is 372 g/mol. The number of hydrogen-bond acceptors (Lipinski definition) is 3. The van der Waals surface area contributed by atoms with Gasteiger partial charge in [0.05, 0.1) is 0 Å². The lowest BCUT2D eigenvalue weighted by Gasteiger charge is -2.08. The molecule has 30 heavy (non-hydrogen) atoms. The topological polar surface area (TPSA) is 35.5 Å². The minimum Gasteiger partial charge on any atom is -0.490 e. The lowest BCUT2D eigenvalue weighted by atomic mass is 10.0. The van der Waals surface area contributed by atoms with Gasteiger partial charge < -0.3 is 9.47 Å². The van der Waals surface area contributed by atoms with Gasteiger partial charge in [-0.3, -0.25) is 4.79 Å². The monoisotopic (exact) mass is 418 g/mol. The Balaban J connectivity index is 1.99. The molecule has 0 aliphatic rings. The highest BCUT2D eigenvalue weighted by Gasteiger charge is 2.03. The molecule has 0 fully saturated rings. The molecule has 3 heteroatoms. The number of carbonyl (C=O) groups excluding carboxylic acids is 1. The number of carbonyl (C=O) groups is 1. The van der Waals surface area contributed by atoms with Crippen molar-refractivity contribution >= 4 is 5.97 Å². The van der Waals surface area contributed by atoms with E-state index in [-0.39, 0.29) is 5.97 Å². The first kappa shape index (κ1) is 26.5. The molecule has 172 valence electrons. The zero-order valence-electron chi connectivity index (χ0n) is 19.8. The normalized spacial score (nSPS) is 10.9. The lowest BCUT2D eigenvalue weighted by Crippen LogP contribution is -2.12. The van der Waals surface area contributed by atoms with Crippen LogP contribution < -0.4 is 4.74 Å². The average molecular weight is 419 g/mol. The third kappa shape index (κ3) is 15.3. The quantitative estimate of drug-likeness (QED) is 0.159. The van der Waals surface area contributed by atoms with Crippen LogP contribution in [0.5, 0.6) is 5.75 Å². The van der Waals surface area contributed by atoms with Gasteiger partial charge in [0, 0.05) is 6.42 Å². The smallest absolute Gasteiger partial charge is 0.305 e. The zero-order chi connectivity index (χ0) is 21.7. The summed E-state index contributed by atoms with van der Waals surface area (Å²) in [6.07, 6.45) is 19.6. The van der Waals surface area contributed by atoms with Gasteiger partial charge in [0.15, 0.2) is 0 Å². The van der Waals surface area contributed by atoms with E-state index in [0.29, 0.717) is 19.6 Å². The maximum Gasteiger partial charge on any atom is 0.305 e. The third-order valence-corrected chi connectivity index (χ3v) is 5.59. The standard InChI is InChI=1S/C27H46O3/c1-3-5-7-9-11-13-15-17-25-19-21-26(22-20-25)29-23-24-30-27(28)18-16-14-12-10-8-6-4-2/h19-22H,3-18,23-24H2,1-2H3. The largest absolute Gasteiger partial charge is 0.490 e. The molecule has 1 rings (SSSR count). The molecule has 0 radical (unpaired) electrons. The first-order valence-electron chi connectivity index (χ1n) is 12.6. The summed E-state index contributed by atoms with van der Waals surface area (Å²) in [5.74, 6) is 0.749. The van der Waals surface area contributed by atoms with Crippen molar-refractivity contribution in [1.29, 1.82) is 0 Å². The second-order valence-corrected chi connectivity index (χ2v) is 8.46. The van der Waals surface area contributed by atoms with Gasteiger partial charge in [0.2, 0.25) is 0 Å². The highest BCUT2D eigenvalue weighted by atomic mass is 16.6. The summed E-state index contributed by atoms with van der Waals surface area (Å²) in [4.78, 5) is 11.8. The van der Waals surface area contributed by atoms with E-state index < -0.39 is 0 Å². The van der Waals surface area contributed by atoms with Gasteiger partial charge in [-0.05, 0) is 37.0 Å². The van der Waals surface area contributed by atoms with Gasteiger partial charge in [-0.1, -0.05) is 103 Å². The van der Waals surface area contributed by atoms with E-state index in [1.807, 2.05) is 12.1 Å². The predicted molar refractivity (Wildman–Crippen MR) is 127 cm³/mol. The van der Waals surface area contributed by atoms with Crippen LogP contribution in [0.2, 0.25) is 0 Å². The maximum atomic E-state index is 11.8. The van der Waals surface area contributed by atoms with Crippen LogP contribution in [-0.4, -0.2) is 19.2 Å². The van der Waals surface area contributed by atoms with Crippen molar-refractivity contribution in [3.8, 4) is 5.75 Å². The Bertz CT molecular complexity index is 509. The molecule has 1 aromatic carbocycles. The van der Waals surface area contributed by atoms with Crippen LogP contribution in [0, 0.1) is 0 Å². The van der Waals surface area contributed by atoms with Crippen LogP contribution in [-0.2, 0) is 16.0 Å². The molecule has 0 bridgehead atoms. The highest BCUT2D eigenvalue weighted by Crippen LogP contribution is 2.15. The molecule has 0 spiro atoms. The molecule has 0 amide bonds. The van der Waals surface area contributed by atoms with E-state index in [1.54, 1.807) is 0 Å². The molecule has 1 aromatic rings. The summed E-state index contributed by atoms with van der Waals surface area (Å²) >= 11 is 0. The second-order valence-electron chi connectivity index (χ2n) is 8.46. The number of ether oxygens (including phenoxy) is 2. The molecule has 0 aliphatic carbocycles. The van der Waals surface area contributed by atoms with Crippen molar-refractivity contribution in [1.82, 2.24) is 0 Å². The minimum absolute atomic E-state index is 0.0998. The number of rotatable bonds is 20. The first-order valence-corrected chi connectivity index (χ1v) is 12.6. The number of hydrogen-bond donors (Lipinski definition) is 0. The predicted octanol–water partition coefficient (Wildman–Crippen LogP) is 8.04. The molecule has 3 nitrogen and oxygen atoms in total. The Hall–Kier alpha value is -1.51. The molecule has 0 unspecified atom stereocenters. The summed E-state index contributed by atoms with van der Waals surface area (Å²) in [6, 6.07) is 8.35. The SMILES string of the molecule is CCCCCCCCCC(=O)OCCOc1ccc(CCCCCCCCC)cc1. The van der Waals surface area contributed by atoms with Crippen molar-refractivity contribution in [2.24, 2.45) is 0 Å². The van der Waals surface area contributed by atoms with E-state index in [9.17, 15) is 4.79 Å².